The zero-order chi connectivity index (χ0) is 18.2. The molecule has 1 saturated heterocycles. The lowest BCUT2D eigenvalue weighted by Crippen LogP contribution is -2.30. The van der Waals surface area contributed by atoms with Gasteiger partial charge in [0.2, 0.25) is 5.91 Å². The van der Waals surface area contributed by atoms with Gasteiger partial charge in [-0.05, 0) is 30.5 Å². The first-order chi connectivity index (χ1) is 12.7. The molecule has 0 aliphatic carbocycles. The summed E-state index contributed by atoms with van der Waals surface area (Å²) in [7, 11) is 1.63. The number of nitrogens with one attached hydrogen (secondary N) is 2. The van der Waals surface area contributed by atoms with Crippen LogP contribution in [0.2, 0.25) is 0 Å². The van der Waals surface area contributed by atoms with Gasteiger partial charge in [0.05, 0.1) is 13.5 Å². The van der Waals surface area contributed by atoms with E-state index in [-0.39, 0.29) is 5.91 Å². The minimum absolute atomic E-state index is 0.00240. The topological polar surface area (TPSA) is 79.4 Å². The Morgan fingerprint density at radius 2 is 1.92 bits per heavy atom. The fourth-order valence-corrected chi connectivity index (χ4v) is 2.95. The molecule has 1 aromatic heterocycles. The summed E-state index contributed by atoms with van der Waals surface area (Å²) in [4.78, 5) is 22.8. The number of anilines is 2. The predicted molar refractivity (Wildman–Crippen MR) is 102 cm³/mol. The summed E-state index contributed by atoms with van der Waals surface area (Å²) < 4.78 is 5.11. The van der Waals surface area contributed by atoms with Crippen LogP contribution in [0.25, 0.3) is 0 Å². The van der Waals surface area contributed by atoms with Crippen molar-refractivity contribution in [3.63, 3.8) is 0 Å². The molecule has 0 unspecified atom stereocenters. The Morgan fingerprint density at radius 1 is 1.15 bits per heavy atom. The normalized spacial score (nSPS) is 13.5. The van der Waals surface area contributed by atoms with Crippen LogP contribution < -0.4 is 20.3 Å². The van der Waals surface area contributed by atoms with Gasteiger partial charge < -0.3 is 20.3 Å². The van der Waals surface area contributed by atoms with Crippen molar-refractivity contribution < 1.29 is 9.53 Å². The minimum atomic E-state index is -0.00240. The Morgan fingerprint density at radius 3 is 2.65 bits per heavy atom. The van der Waals surface area contributed by atoms with Crippen LogP contribution >= 0.6 is 0 Å². The average Bonchev–Trinajstić information content (AvgIpc) is 3.21. The summed E-state index contributed by atoms with van der Waals surface area (Å²) in [5, 5.41) is 6.15. The van der Waals surface area contributed by atoms with E-state index in [1.165, 1.54) is 12.8 Å². The molecule has 26 heavy (non-hydrogen) atoms. The molecule has 0 saturated carbocycles. The second-order valence-electron chi connectivity index (χ2n) is 6.26. The van der Waals surface area contributed by atoms with E-state index in [1.807, 2.05) is 30.3 Å². The third-order valence-electron chi connectivity index (χ3n) is 4.36. The summed E-state index contributed by atoms with van der Waals surface area (Å²) >= 11 is 0. The van der Waals surface area contributed by atoms with E-state index in [0.29, 0.717) is 19.5 Å². The largest absolute Gasteiger partial charge is 0.497 e. The first-order valence-corrected chi connectivity index (χ1v) is 8.95. The Bertz CT molecular complexity index is 714. The average molecular weight is 355 g/mol. The van der Waals surface area contributed by atoms with Crippen molar-refractivity contribution in [3.8, 4) is 5.75 Å². The Kier molecular flexibility index (Phi) is 6.24. The molecule has 7 nitrogen and oxygen atoms in total. The summed E-state index contributed by atoms with van der Waals surface area (Å²) in [6.07, 6.45) is 4.37. The number of hydrogen-bond donors (Lipinski definition) is 2. The molecule has 2 aromatic rings. The lowest BCUT2D eigenvalue weighted by molar-refractivity contribution is -0.120. The molecule has 0 radical (unpaired) electrons. The number of carbonyl (C=O) groups is 1. The van der Waals surface area contributed by atoms with Crippen LogP contribution in [0, 0.1) is 0 Å². The van der Waals surface area contributed by atoms with Crippen molar-refractivity contribution in [2.75, 3.05) is 43.5 Å². The summed E-state index contributed by atoms with van der Waals surface area (Å²) in [5.74, 6) is 2.53. The summed E-state index contributed by atoms with van der Waals surface area (Å²) in [5.41, 5.74) is 0.960. The SMILES string of the molecule is COc1ccc(CC(=O)NCCNc2cc(N3CCCC3)ncn2)cc1. The molecule has 3 rings (SSSR count). The predicted octanol–water partition coefficient (Wildman–Crippen LogP) is 1.86. The third-order valence-corrected chi connectivity index (χ3v) is 4.36. The van der Waals surface area contributed by atoms with Crippen LogP contribution in [0.4, 0.5) is 11.6 Å². The molecule has 1 aliphatic rings. The Hall–Kier alpha value is -2.83. The highest BCUT2D eigenvalue weighted by Crippen LogP contribution is 2.19. The highest BCUT2D eigenvalue weighted by molar-refractivity contribution is 5.78. The maximum Gasteiger partial charge on any atom is 0.224 e. The van der Waals surface area contributed by atoms with Gasteiger partial charge in [-0.3, -0.25) is 4.79 Å². The lowest BCUT2D eigenvalue weighted by atomic mass is 10.1. The molecule has 1 amide bonds. The number of benzene rings is 1. The van der Waals surface area contributed by atoms with Gasteiger partial charge >= 0.3 is 0 Å². The number of ether oxygens (including phenoxy) is 1. The maximum absolute atomic E-state index is 12.0. The van der Waals surface area contributed by atoms with Crippen molar-refractivity contribution in [2.24, 2.45) is 0 Å². The standard InChI is InChI=1S/C19H25N5O2/c1-26-16-6-4-15(5-7-16)12-19(25)21-9-8-20-17-13-18(23-14-22-17)24-10-2-3-11-24/h4-7,13-14H,2-3,8-12H2,1H3,(H,21,25)(H,20,22,23). The van der Waals surface area contributed by atoms with E-state index in [1.54, 1.807) is 13.4 Å². The second-order valence-corrected chi connectivity index (χ2v) is 6.26. The number of nitrogens with zero attached hydrogens (tertiary/aromatic N) is 3. The number of carbonyl (C=O) groups excluding carboxylic acids is 1. The van der Waals surface area contributed by atoms with Gasteiger partial charge in [-0.15, -0.1) is 0 Å². The van der Waals surface area contributed by atoms with Gasteiger partial charge in [0.1, 0.15) is 23.7 Å². The number of aromatic nitrogens is 2. The van der Waals surface area contributed by atoms with Gasteiger partial charge in [0.15, 0.2) is 0 Å². The molecule has 1 aromatic carbocycles. The monoisotopic (exact) mass is 355 g/mol. The molecule has 2 heterocycles. The Balaban J connectivity index is 1.39. The van der Waals surface area contributed by atoms with Crippen LogP contribution in [0.3, 0.4) is 0 Å². The quantitative estimate of drug-likeness (QED) is 0.704. The van der Waals surface area contributed by atoms with Crippen LogP contribution in [0.5, 0.6) is 5.75 Å². The molecule has 0 spiro atoms. The number of methoxy groups -OCH3 is 1. The fourth-order valence-electron chi connectivity index (χ4n) is 2.95. The van der Waals surface area contributed by atoms with Crippen molar-refractivity contribution in [3.05, 3.63) is 42.2 Å². The van der Waals surface area contributed by atoms with E-state index in [2.05, 4.69) is 25.5 Å². The van der Waals surface area contributed by atoms with Gasteiger partial charge in [-0.2, -0.15) is 0 Å². The molecule has 1 fully saturated rings. The van der Waals surface area contributed by atoms with Gasteiger partial charge in [0.25, 0.3) is 0 Å². The van der Waals surface area contributed by atoms with Crippen LogP contribution in [-0.2, 0) is 11.2 Å². The summed E-state index contributed by atoms with van der Waals surface area (Å²) in [6.45, 7) is 3.26. The summed E-state index contributed by atoms with van der Waals surface area (Å²) in [6, 6.07) is 9.48. The molecule has 1 aliphatic heterocycles. The van der Waals surface area contributed by atoms with Crippen LogP contribution in [0.1, 0.15) is 18.4 Å². The van der Waals surface area contributed by atoms with E-state index in [9.17, 15) is 4.79 Å². The lowest BCUT2D eigenvalue weighted by Gasteiger charge is -2.16. The van der Waals surface area contributed by atoms with Gasteiger partial charge in [-0.1, -0.05) is 12.1 Å². The zero-order valence-electron chi connectivity index (χ0n) is 15.1. The zero-order valence-corrected chi connectivity index (χ0v) is 15.1. The molecular weight excluding hydrogens is 330 g/mol. The molecular formula is C19H25N5O2. The van der Waals surface area contributed by atoms with Gasteiger partial charge in [0, 0.05) is 32.2 Å². The second kappa shape index (κ2) is 9.03. The minimum Gasteiger partial charge on any atom is -0.497 e. The van der Waals surface area contributed by atoms with Crippen molar-refractivity contribution in [2.45, 2.75) is 19.3 Å². The van der Waals surface area contributed by atoms with Crippen molar-refractivity contribution in [1.82, 2.24) is 15.3 Å². The molecule has 138 valence electrons. The molecule has 7 heteroatoms. The molecule has 2 N–H and O–H groups in total. The maximum atomic E-state index is 12.0. The van der Waals surface area contributed by atoms with Crippen molar-refractivity contribution >= 4 is 17.5 Å². The number of rotatable bonds is 8. The number of amides is 1. The first kappa shape index (κ1) is 18.0. The highest BCUT2D eigenvalue weighted by atomic mass is 16.5. The Labute approximate surface area is 153 Å². The van der Waals surface area contributed by atoms with E-state index in [4.69, 9.17) is 4.74 Å². The molecule has 0 atom stereocenters. The van der Waals surface area contributed by atoms with Crippen molar-refractivity contribution in [1.29, 1.82) is 0 Å². The van der Waals surface area contributed by atoms with Crippen LogP contribution in [0.15, 0.2) is 36.7 Å². The van der Waals surface area contributed by atoms with E-state index in [0.717, 1.165) is 36.0 Å². The number of hydrogen-bond acceptors (Lipinski definition) is 6. The van der Waals surface area contributed by atoms with E-state index < -0.39 is 0 Å². The smallest absolute Gasteiger partial charge is 0.224 e. The van der Waals surface area contributed by atoms with Crippen LogP contribution in [-0.4, -0.2) is 49.2 Å². The van der Waals surface area contributed by atoms with Gasteiger partial charge in [-0.25, -0.2) is 9.97 Å². The first-order valence-electron chi connectivity index (χ1n) is 8.95. The highest BCUT2D eigenvalue weighted by Gasteiger charge is 2.13. The van der Waals surface area contributed by atoms with E-state index >= 15 is 0 Å². The third kappa shape index (κ3) is 5.08. The fraction of sp³-hybridized carbons (Fsp3) is 0.421. The molecule has 0 bridgehead atoms.